The van der Waals surface area contributed by atoms with Crippen LogP contribution in [0.3, 0.4) is 0 Å². The number of pyridine rings is 1. The minimum Gasteiger partial charge on any atom is -0.465 e. The number of aryl methyl sites for hydroxylation is 4. The van der Waals surface area contributed by atoms with E-state index in [0.29, 0.717) is 17.1 Å². The number of aliphatic hydroxyl groups excluding tert-OH is 1. The summed E-state index contributed by atoms with van der Waals surface area (Å²) in [5, 5.41) is 12.7. The Bertz CT molecular complexity index is 828. The van der Waals surface area contributed by atoms with Crippen LogP contribution < -0.4 is 10.1 Å². The Hall–Kier alpha value is -2.64. The normalized spacial score (nSPS) is 11.8. The second-order valence-corrected chi connectivity index (χ2v) is 6.79. The van der Waals surface area contributed by atoms with Gasteiger partial charge in [0.25, 0.3) is 0 Å². The molecule has 0 radical (unpaired) electrons. The predicted octanol–water partition coefficient (Wildman–Crippen LogP) is 3.31. The van der Waals surface area contributed by atoms with Crippen LogP contribution in [0.5, 0.6) is 11.6 Å². The van der Waals surface area contributed by atoms with Crippen LogP contribution in [-0.2, 0) is 9.47 Å². The summed E-state index contributed by atoms with van der Waals surface area (Å²) in [4.78, 5) is 17.0. The predicted molar refractivity (Wildman–Crippen MR) is 107 cm³/mol. The molecule has 1 heterocycles. The van der Waals surface area contributed by atoms with Crippen molar-refractivity contribution in [3.63, 3.8) is 0 Å². The number of hydrogen-bond acceptors (Lipinski definition) is 7. The van der Waals surface area contributed by atoms with Gasteiger partial charge in [0.2, 0.25) is 5.88 Å². The van der Waals surface area contributed by atoms with E-state index in [1.807, 2.05) is 32.9 Å². The zero-order valence-electron chi connectivity index (χ0n) is 17.3. The Kier molecular flexibility index (Phi) is 7.37. The highest BCUT2D eigenvalue weighted by Crippen LogP contribution is 2.34. The molecular weight excluding hydrogens is 360 g/mol. The van der Waals surface area contributed by atoms with Gasteiger partial charge in [0.1, 0.15) is 11.3 Å². The molecule has 152 valence electrons. The maximum Gasteiger partial charge on any atom is 0.345 e. The number of benzene rings is 1. The molecule has 0 aliphatic heterocycles. The highest BCUT2D eigenvalue weighted by molar-refractivity contribution is 5.98. The van der Waals surface area contributed by atoms with Crippen molar-refractivity contribution < 1.29 is 24.1 Å². The van der Waals surface area contributed by atoms with E-state index in [2.05, 4.69) is 10.3 Å². The zero-order chi connectivity index (χ0) is 20.8. The lowest BCUT2D eigenvalue weighted by molar-refractivity contribution is 0.0597. The number of aromatic nitrogens is 1. The van der Waals surface area contributed by atoms with Crippen LogP contribution in [0, 0.1) is 27.7 Å². The lowest BCUT2D eigenvalue weighted by atomic mass is 10.1. The number of methoxy groups -OCH3 is 2. The molecule has 7 heteroatoms. The quantitative estimate of drug-likeness (QED) is 0.671. The lowest BCUT2D eigenvalue weighted by Gasteiger charge is -2.21. The van der Waals surface area contributed by atoms with Gasteiger partial charge in [-0.2, -0.15) is 0 Å². The standard InChI is InChI=1S/C21H28N2O5/c1-12-7-13(2)19(14(3)8-12)28-20-18(21(25)27-6)17(9-15(4)22-20)23-16(10-24)11-26-5/h7-9,16,24H,10-11H2,1-6H3,(H,22,23). The Balaban J connectivity index is 2.56. The van der Waals surface area contributed by atoms with Crippen molar-refractivity contribution >= 4 is 11.7 Å². The molecule has 2 N–H and O–H groups in total. The number of carbonyl (C=O) groups excluding carboxylic acids is 1. The maximum atomic E-state index is 12.5. The fourth-order valence-corrected chi connectivity index (χ4v) is 3.12. The SMILES string of the molecule is COCC(CO)Nc1cc(C)nc(Oc2c(C)cc(C)cc2C)c1C(=O)OC. The molecule has 7 nitrogen and oxygen atoms in total. The van der Waals surface area contributed by atoms with E-state index in [9.17, 15) is 9.90 Å². The van der Waals surface area contributed by atoms with Crippen LogP contribution in [0.15, 0.2) is 18.2 Å². The third-order valence-electron chi connectivity index (χ3n) is 4.26. The topological polar surface area (TPSA) is 89.9 Å². The second kappa shape index (κ2) is 9.52. The first-order valence-corrected chi connectivity index (χ1v) is 9.02. The van der Waals surface area contributed by atoms with Crippen molar-refractivity contribution in [1.82, 2.24) is 4.98 Å². The number of aliphatic hydroxyl groups is 1. The number of nitrogens with one attached hydrogen (secondary N) is 1. The highest BCUT2D eigenvalue weighted by Gasteiger charge is 2.24. The summed E-state index contributed by atoms with van der Waals surface area (Å²) in [6.45, 7) is 7.82. The fraction of sp³-hybridized carbons (Fsp3) is 0.429. The molecule has 1 unspecified atom stereocenters. The van der Waals surface area contributed by atoms with Crippen molar-refractivity contribution in [1.29, 1.82) is 0 Å². The first-order chi connectivity index (χ1) is 13.3. The average Bonchev–Trinajstić information content (AvgIpc) is 2.63. The Labute approximate surface area is 165 Å². The summed E-state index contributed by atoms with van der Waals surface area (Å²) in [6.07, 6.45) is 0. The van der Waals surface area contributed by atoms with Crippen LogP contribution in [0.25, 0.3) is 0 Å². The lowest BCUT2D eigenvalue weighted by Crippen LogP contribution is -2.30. The van der Waals surface area contributed by atoms with E-state index in [1.54, 1.807) is 20.1 Å². The molecule has 28 heavy (non-hydrogen) atoms. The van der Waals surface area contributed by atoms with Gasteiger partial charge in [-0.3, -0.25) is 0 Å². The summed E-state index contributed by atoms with van der Waals surface area (Å²) in [5.41, 5.74) is 4.30. The first-order valence-electron chi connectivity index (χ1n) is 9.02. The van der Waals surface area contributed by atoms with E-state index >= 15 is 0 Å². The molecule has 1 aromatic heterocycles. The number of esters is 1. The second-order valence-electron chi connectivity index (χ2n) is 6.79. The largest absolute Gasteiger partial charge is 0.465 e. The Morgan fingerprint density at radius 2 is 1.79 bits per heavy atom. The van der Waals surface area contributed by atoms with Crippen molar-refractivity contribution in [3.8, 4) is 11.6 Å². The number of hydrogen-bond donors (Lipinski definition) is 2. The summed E-state index contributed by atoms with van der Waals surface area (Å²) in [7, 11) is 2.84. The third-order valence-corrected chi connectivity index (χ3v) is 4.26. The molecule has 0 amide bonds. The van der Waals surface area contributed by atoms with E-state index in [4.69, 9.17) is 14.2 Å². The molecule has 1 aromatic carbocycles. The van der Waals surface area contributed by atoms with Gasteiger partial charge in [0, 0.05) is 12.8 Å². The van der Waals surface area contributed by atoms with E-state index in [1.165, 1.54) is 7.11 Å². The molecule has 0 fully saturated rings. The Morgan fingerprint density at radius 1 is 1.14 bits per heavy atom. The van der Waals surface area contributed by atoms with E-state index in [0.717, 1.165) is 16.7 Å². The summed E-state index contributed by atoms with van der Waals surface area (Å²) >= 11 is 0. The number of nitrogens with zero attached hydrogens (tertiary/aromatic N) is 1. The fourth-order valence-electron chi connectivity index (χ4n) is 3.12. The zero-order valence-corrected chi connectivity index (χ0v) is 17.3. The molecular formula is C21H28N2O5. The van der Waals surface area contributed by atoms with Crippen LogP contribution >= 0.6 is 0 Å². The van der Waals surface area contributed by atoms with Crippen molar-refractivity contribution in [2.45, 2.75) is 33.7 Å². The first kappa shape index (κ1) is 21.7. The minimum absolute atomic E-state index is 0.151. The molecule has 0 aliphatic carbocycles. The van der Waals surface area contributed by atoms with Crippen molar-refractivity contribution in [2.75, 3.05) is 32.8 Å². The molecule has 0 saturated carbocycles. The van der Waals surface area contributed by atoms with Crippen molar-refractivity contribution in [2.24, 2.45) is 0 Å². The number of carbonyl (C=O) groups is 1. The van der Waals surface area contributed by atoms with Gasteiger partial charge in [0.05, 0.1) is 32.1 Å². The van der Waals surface area contributed by atoms with Gasteiger partial charge >= 0.3 is 5.97 Å². The van der Waals surface area contributed by atoms with Gasteiger partial charge in [0.15, 0.2) is 0 Å². The maximum absolute atomic E-state index is 12.5. The van der Waals surface area contributed by atoms with Gasteiger partial charge < -0.3 is 24.6 Å². The van der Waals surface area contributed by atoms with Gasteiger partial charge in [-0.05, 0) is 44.9 Å². The molecule has 0 saturated heterocycles. The molecule has 2 aromatic rings. The number of rotatable bonds is 8. The van der Waals surface area contributed by atoms with Gasteiger partial charge in [-0.1, -0.05) is 17.7 Å². The summed E-state index contributed by atoms with van der Waals surface area (Å²) < 4.78 is 16.2. The summed E-state index contributed by atoms with van der Waals surface area (Å²) in [6, 6.07) is 5.34. The number of ether oxygens (including phenoxy) is 3. The van der Waals surface area contributed by atoms with Crippen LogP contribution in [0.4, 0.5) is 5.69 Å². The summed E-state index contributed by atoms with van der Waals surface area (Å²) in [5.74, 6) is 0.218. The Morgan fingerprint density at radius 3 is 2.32 bits per heavy atom. The molecule has 2 rings (SSSR count). The number of anilines is 1. The average molecular weight is 388 g/mol. The molecule has 0 aliphatic rings. The van der Waals surface area contributed by atoms with Gasteiger partial charge in [-0.25, -0.2) is 9.78 Å². The monoisotopic (exact) mass is 388 g/mol. The molecule has 1 atom stereocenters. The van der Waals surface area contributed by atoms with Crippen LogP contribution in [-0.4, -0.2) is 49.5 Å². The van der Waals surface area contributed by atoms with Crippen molar-refractivity contribution in [3.05, 3.63) is 46.1 Å². The molecule has 0 spiro atoms. The van der Waals surface area contributed by atoms with E-state index < -0.39 is 12.0 Å². The third kappa shape index (κ3) is 4.99. The smallest absolute Gasteiger partial charge is 0.345 e. The van der Waals surface area contributed by atoms with Gasteiger partial charge in [-0.15, -0.1) is 0 Å². The van der Waals surface area contributed by atoms with Crippen LogP contribution in [0.1, 0.15) is 32.7 Å². The molecule has 0 bridgehead atoms. The van der Waals surface area contributed by atoms with Crippen LogP contribution in [0.2, 0.25) is 0 Å². The minimum atomic E-state index is -0.582. The highest BCUT2D eigenvalue weighted by atomic mass is 16.5. The van der Waals surface area contributed by atoms with E-state index in [-0.39, 0.29) is 24.7 Å².